The summed E-state index contributed by atoms with van der Waals surface area (Å²) in [6.45, 7) is 7.03. The van der Waals surface area contributed by atoms with Gasteiger partial charge in [-0.05, 0) is 45.0 Å². The van der Waals surface area contributed by atoms with E-state index in [0.717, 1.165) is 5.56 Å². The van der Waals surface area contributed by atoms with Gasteiger partial charge in [0.2, 0.25) is 0 Å². The second-order valence-electron chi connectivity index (χ2n) is 6.31. The molecule has 9 nitrogen and oxygen atoms in total. The molecule has 2 aromatic rings. The lowest BCUT2D eigenvalue weighted by molar-refractivity contribution is 0.0596. The van der Waals surface area contributed by atoms with E-state index in [1.807, 2.05) is 20.8 Å². The first kappa shape index (κ1) is 23.7. The van der Waals surface area contributed by atoms with Gasteiger partial charge in [0.25, 0.3) is 0 Å². The molecule has 0 aliphatic heterocycles. The van der Waals surface area contributed by atoms with Gasteiger partial charge in [-0.2, -0.15) is 0 Å². The van der Waals surface area contributed by atoms with Gasteiger partial charge in [0.05, 0.1) is 32.6 Å². The molecule has 0 aliphatic rings. The third kappa shape index (κ3) is 6.43. The Kier molecular flexibility index (Phi) is 8.80. The van der Waals surface area contributed by atoms with Crippen LogP contribution in [0.3, 0.4) is 0 Å². The number of anilines is 2. The number of carbonyl (C=O) groups excluding carboxylic acids is 2. The predicted octanol–water partition coefficient (Wildman–Crippen LogP) is 3.57. The SMILES string of the molecule is CCOc1cc(CNC(=O)Nc2ccc(OCC)c(C(=O)OC)c2)c(OCC)cc1N. The van der Waals surface area contributed by atoms with Crippen LogP contribution in [0.4, 0.5) is 16.2 Å². The monoisotopic (exact) mass is 431 g/mol. The molecule has 0 unspecified atom stereocenters. The number of carbonyl (C=O) groups is 2. The fourth-order valence-electron chi connectivity index (χ4n) is 2.84. The van der Waals surface area contributed by atoms with E-state index < -0.39 is 12.0 Å². The van der Waals surface area contributed by atoms with Crippen molar-refractivity contribution in [2.24, 2.45) is 0 Å². The summed E-state index contributed by atoms with van der Waals surface area (Å²) in [6, 6.07) is 7.70. The fourth-order valence-corrected chi connectivity index (χ4v) is 2.84. The summed E-state index contributed by atoms with van der Waals surface area (Å²) >= 11 is 0. The number of ether oxygens (including phenoxy) is 4. The number of benzene rings is 2. The Labute approximate surface area is 181 Å². The number of esters is 1. The Morgan fingerprint density at radius 1 is 0.903 bits per heavy atom. The van der Waals surface area contributed by atoms with Gasteiger partial charge in [0.1, 0.15) is 22.8 Å². The third-order valence-corrected chi connectivity index (χ3v) is 4.17. The van der Waals surface area contributed by atoms with Crippen LogP contribution in [0.15, 0.2) is 30.3 Å². The standard InChI is InChI=1S/C22H29N3O6/c1-5-29-18-9-8-15(11-16(18)21(26)28-4)25-22(27)24-13-14-10-20(31-7-3)17(23)12-19(14)30-6-2/h8-12H,5-7,13,23H2,1-4H3,(H2,24,25,27). The van der Waals surface area contributed by atoms with Gasteiger partial charge >= 0.3 is 12.0 Å². The minimum atomic E-state index is -0.556. The summed E-state index contributed by atoms with van der Waals surface area (Å²) in [6.07, 6.45) is 0. The van der Waals surface area contributed by atoms with Crippen molar-refractivity contribution in [1.82, 2.24) is 5.32 Å². The molecule has 0 fully saturated rings. The van der Waals surface area contributed by atoms with Crippen molar-refractivity contribution in [2.45, 2.75) is 27.3 Å². The average Bonchev–Trinajstić information content (AvgIpc) is 2.75. The smallest absolute Gasteiger partial charge is 0.341 e. The highest BCUT2D eigenvalue weighted by molar-refractivity contribution is 5.96. The van der Waals surface area contributed by atoms with Gasteiger partial charge in [-0.15, -0.1) is 0 Å². The molecule has 0 radical (unpaired) electrons. The predicted molar refractivity (Wildman–Crippen MR) is 118 cm³/mol. The summed E-state index contributed by atoms with van der Waals surface area (Å²) in [7, 11) is 1.28. The summed E-state index contributed by atoms with van der Waals surface area (Å²) in [5, 5.41) is 5.46. The van der Waals surface area contributed by atoms with Crippen LogP contribution < -0.4 is 30.6 Å². The Morgan fingerprint density at radius 3 is 2.19 bits per heavy atom. The zero-order valence-electron chi connectivity index (χ0n) is 18.2. The molecule has 2 amide bonds. The Hall–Kier alpha value is -3.62. The van der Waals surface area contributed by atoms with Crippen LogP contribution >= 0.6 is 0 Å². The van der Waals surface area contributed by atoms with E-state index in [1.54, 1.807) is 24.3 Å². The van der Waals surface area contributed by atoms with Crippen LogP contribution in [-0.4, -0.2) is 38.9 Å². The molecular formula is C22H29N3O6. The van der Waals surface area contributed by atoms with Crippen molar-refractivity contribution in [3.8, 4) is 17.2 Å². The number of nitrogens with two attached hydrogens (primary N) is 1. The van der Waals surface area contributed by atoms with E-state index in [4.69, 9.17) is 24.7 Å². The fraction of sp³-hybridized carbons (Fsp3) is 0.364. The van der Waals surface area contributed by atoms with Gasteiger partial charge in [0, 0.05) is 23.9 Å². The van der Waals surface area contributed by atoms with Crippen LogP contribution in [0.5, 0.6) is 17.2 Å². The third-order valence-electron chi connectivity index (χ3n) is 4.17. The van der Waals surface area contributed by atoms with Crippen molar-refractivity contribution in [2.75, 3.05) is 38.0 Å². The van der Waals surface area contributed by atoms with E-state index in [0.29, 0.717) is 48.4 Å². The second-order valence-corrected chi connectivity index (χ2v) is 6.31. The zero-order chi connectivity index (χ0) is 22.8. The Balaban J connectivity index is 2.13. The van der Waals surface area contributed by atoms with Crippen LogP contribution in [0.25, 0.3) is 0 Å². The first-order valence-electron chi connectivity index (χ1n) is 10.0. The normalized spacial score (nSPS) is 10.2. The Morgan fingerprint density at radius 2 is 1.55 bits per heavy atom. The molecule has 0 saturated heterocycles. The molecular weight excluding hydrogens is 402 g/mol. The van der Waals surface area contributed by atoms with Gasteiger partial charge in [0.15, 0.2) is 0 Å². The molecule has 9 heteroatoms. The van der Waals surface area contributed by atoms with Crippen molar-refractivity contribution < 1.29 is 28.5 Å². The minimum Gasteiger partial charge on any atom is -0.493 e. The number of hydrogen-bond donors (Lipinski definition) is 3. The van der Waals surface area contributed by atoms with E-state index >= 15 is 0 Å². The largest absolute Gasteiger partial charge is 0.493 e. The van der Waals surface area contributed by atoms with E-state index in [2.05, 4.69) is 10.6 Å². The number of nitrogens with one attached hydrogen (secondary N) is 2. The number of urea groups is 1. The summed E-state index contributed by atoms with van der Waals surface area (Å²) < 4.78 is 21.4. The van der Waals surface area contributed by atoms with Crippen LogP contribution in [0.2, 0.25) is 0 Å². The maximum atomic E-state index is 12.4. The molecule has 0 atom stereocenters. The van der Waals surface area contributed by atoms with Crippen LogP contribution in [0.1, 0.15) is 36.7 Å². The lowest BCUT2D eigenvalue weighted by atomic mass is 10.1. The van der Waals surface area contributed by atoms with Crippen molar-refractivity contribution in [3.05, 3.63) is 41.5 Å². The molecule has 31 heavy (non-hydrogen) atoms. The van der Waals surface area contributed by atoms with E-state index in [1.165, 1.54) is 13.2 Å². The molecule has 2 rings (SSSR count). The lowest BCUT2D eigenvalue weighted by Gasteiger charge is -2.16. The molecule has 4 N–H and O–H groups in total. The zero-order valence-corrected chi connectivity index (χ0v) is 18.2. The number of nitrogen functional groups attached to an aromatic ring is 1. The number of methoxy groups -OCH3 is 1. The van der Waals surface area contributed by atoms with Crippen molar-refractivity contribution >= 4 is 23.4 Å². The number of amides is 2. The summed E-state index contributed by atoms with van der Waals surface area (Å²) in [4.78, 5) is 24.4. The molecule has 0 aliphatic carbocycles. The van der Waals surface area contributed by atoms with Gasteiger partial charge in [-0.25, -0.2) is 9.59 Å². The quantitative estimate of drug-likeness (QED) is 0.388. The Bertz CT molecular complexity index is 916. The molecule has 0 spiro atoms. The molecule has 168 valence electrons. The highest BCUT2D eigenvalue weighted by Crippen LogP contribution is 2.31. The maximum Gasteiger partial charge on any atom is 0.341 e. The number of rotatable bonds is 10. The van der Waals surface area contributed by atoms with E-state index in [9.17, 15) is 9.59 Å². The average molecular weight is 431 g/mol. The highest BCUT2D eigenvalue weighted by atomic mass is 16.5. The van der Waals surface area contributed by atoms with Gasteiger partial charge in [-0.1, -0.05) is 0 Å². The lowest BCUT2D eigenvalue weighted by Crippen LogP contribution is -2.28. The minimum absolute atomic E-state index is 0.183. The maximum absolute atomic E-state index is 12.4. The summed E-state index contributed by atoms with van der Waals surface area (Å²) in [5.41, 5.74) is 7.81. The molecule has 2 aromatic carbocycles. The molecule has 0 bridgehead atoms. The van der Waals surface area contributed by atoms with Gasteiger partial charge in [-0.3, -0.25) is 0 Å². The highest BCUT2D eigenvalue weighted by Gasteiger charge is 2.16. The van der Waals surface area contributed by atoms with Gasteiger partial charge < -0.3 is 35.3 Å². The van der Waals surface area contributed by atoms with Crippen molar-refractivity contribution in [3.63, 3.8) is 0 Å². The topological polar surface area (TPSA) is 121 Å². The van der Waals surface area contributed by atoms with E-state index in [-0.39, 0.29) is 12.1 Å². The van der Waals surface area contributed by atoms with Crippen LogP contribution in [-0.2, 0) is 11.3 Å². The first-order chi connectivity index (χ1) is 14.9. The number of hydrogen-bond acceptors (Lipinski definition) is 7. The summed E-state index contributed by atoms with van der Waals surface area (Å²) in [5.74, 6) is 0.918. The van der Waals surface area contributed by atoms with Crippen LogP contribution in [0, 0.1) is 0 Å². The molecule has 0 aromatic heterocycles. The molecule has 0 saturated carbocycles. The van der Waals surface area contributed by atoms with Crippen molar-refractivity contribution in [1.29, 1.82) is 0 Å². The first-order valence-corrected chi connectivity index (χ1v) is 10.0. The molecule has 0 heterocycles. The second kappa shape index (κ2) is 11.5.